The number of aliphatic carboxylic acids is 1. The molecule has 36 heavy (non-hydrogen) atoms. The van der Waals surface area contributed by atoms with Gasteiger partial charge in [-0.1, -0.05) is 42.0 Å². The lowest BCUT2D eigenvalue weighted by atomic mass is 9.89. The van der Waals surface area contributed by atoms with E-state index in [1.54, 1.807) is 44.2 Å². The maximum atomic E-state index is 13.8. The van der Waals surface area contributed by atoms with Gasteiger partial charge in [0.1, 0.15) is 6.04 Å². The highest BCUT2D eigenvalue weighted by atomic mass is 32.2. The smallest absolute Gasteiger partial charge is 0.322 e. The Labute approximate surface area is 212 Å². The van der Waals surface area contributed by atoms with Gasteiger partial charge in [-0.2, -0.15) is 4.31 Å². The molecule has 0 spiro atoms. The Bertz CT molecular complexity index is 1580. The highest BCUT2D eigenvalue weighted by Gasteiger charge is 2.41. The highest BCUT2D eigenvalue weighted by molar-refractivity contribution is 7.90. The van der Waals surface area contributed by atoms with E-state index in [9.17, 15) is 26.7 Å². The summed E-state index contributed by atoms with van der Waals surface area (Å²) in [7, 11) is -7.48. The predicted octanol–water partition coefficient (Wildman–Crippen LogP) is 4.19. The van der Waals surface area contributed by atoms with Crippen LogP contribution in [0.25, 0.3) is 11.1 Å². The molecule has 0 amide bonds. The molecular weight excluding hydrogens is 498 g/mol. The largest absolute Gasteiger partial charge is 0.480 e. The second-order valence-electron chi connectivity index (χ2n) is 9.57. The molecule has 0 saturated heterocycles. The van der Waals surface area contributed by atoms with Crippen molar-refractivity contribution in [2.75, 3.05) is 6.26 Å². The van der Waals surface area contributed by atoms with Gasteiger partial charge in [0.2, 0.25) is 10.0 Å². The molecule has 1 aliphatic heterocycles. The van der Waals surface area contributed by atoms with Crippen molar-refractivity contribution in [3.05, 3.63) is 81.9 Å². The quantitative estimate of drug-likeness (QED) is 0.533. The number of sulfonamides is 1. The first-order chi connectivity index (χ1) is 16.7. The van der Waals surface area contributed by atoms with Crippen molar-refractivity contribution in [1.29, 1.82) is 0 Å². The van der Waals surface area contributed by atoms with Gasteiger partial charge >= 0.3 is 5.97 Å². The van der Waals surface area contributed by atoms with Gasteiger partial charge < -0.3 is 5.11 Å². The van der Waals surface area contributed by atoms with Crippen molar-refractivity contribution in [3.8, 4) is 11.1 Å². The SMILES string of the molecule is Cc1cc(C)c(S(=O)(=O)N2Cc3cc(C)c(-c4cccc(S(C)(=O)=O)c4)cc3CC2C(=O)O)c(C)c1. The minimum atomic E-state index is -4.09. The average molecular weight is 528 g/mol. The lowest BCUT2D eigenvalue weighted by Gasteiger charge is -2.35. The number of benzene rings is 3. The molecule has 7 nitrogen and oxygen atoms in total. The first-order valence-corrected chi connectivity index (χ1v) is 14.8. The molecule has 1 atom stereocenters. The van der Waals surface area contributed by atoms with Gasteiger partial charge in [0, 0.05) is 19.2 Å². The first kappa shape index (κ1) is 26.1. The van der Waals surface area contributed by atoms with E-state index in [2.05, 4.69) is 0 Å². The summed E-state index contributed by atoms with van der Waals surface area (Å²) >= 11 is 0. The van der Waals surface area contributed by atoms with Crippen molar-refractivity contribution in [3.63, 3.8) is 0 Å². The standard InChI is InChI=1S/C27H29NO6S2/c1-16-9-18(3)26(19(4)10-16)36(33,34)28-15-22-11-17(2)24(13-21(22)14-25(28)27(29)30)20-7-6-8-23(12-20)35(5,31)32/h6-13,25H,14-15H2,1-5H3,(H,29,30). The second-order valence-corrected chi connectivity index (χ2v) is 13.4. The number of fused-ring (bicyclic) bond motifs is 1. The van der Waals surface area contributed by atoms with Gasteiger partial charge in [0.05, 0.1) is 9.79 Å². The van der Waals surface area contributed by atoms with Crippen LogP contribution in [0.15, 0.2) is 58.3 Å². The van der Waals surface area contributed by atoms with Crippen LogP contribution in [-0.2, 0) is 37.6 Å². The van der Waals surface area contributed by atoms with E-state index in [-0.39, 0.29) is 22.8 Å². The van der Waals surface area contributed by atoms with E-state index in [1.807, 2.05) is 26.0 Å². The zero-order valence-electron chi connectivity index (χ0n) is 20.9. The summed E-state index contributed by atoms with van der Waals surface area (Å²) < 4.78 is 52.7. The average Bonchev–Trinajstić information content (AvgIpc) is 2.76. The second kappa shape index (κ2) is 9.14. The third-order valence-electron chi connectivity index (χ3n) is 6.66. The van der Waals surface area contributed by atoms with Gasteiger partial charge in [0.25, 0.3) is 0 Å². The number of carboxylic acids is 1. The first-order valence-electron chi connectivity index (χ1n) is 11.5. The van der Waals surface area contributed by atoms with Crippen LogP contribution in [0.2, 0.25) is 0 Å². The van der Waals surface area contributed by atoms with E-state index >= 15 is 0 Å². The van der Waals surface area contributed by atoms with Crippen LogP contribution in [0.4, 0.5) is 0 Å². The van der Waals surface area contributed by atoms with E-state index in [1.165, 1.54) is 6.07 Å². The third-order valence-corrected chi connectivity index (χ3v) is 9.93. The number of nitrogens with zero attached hydrogens (tertiary/aromatic N) is 1. The summed E-state index contributed by atoms with van der Waals surface area (Å²) in [6.45, 7) is 7.15. The van der Waals surface area contributed by atoms with Gasteiger partial charge in [-0.25, -0.2) is 16.8 Å². The molecule has 1 heterocycles. The zero-order valence-corrected chi connectivity index (χ0v) is 22.5. The Morgan fingerprint density at radius 1 is 0.889 bits per heavy atom. The number of hydrogen-bond donors (Lipinski definition) is 1. The molecule has 0 fully saturated rings. The molecule has 0 saturated carbocycles. The van der Waals surface area contributed by atoms with Crippen LogP contribution in [0.5, 0.6) is 0 Å². The lowest BCUT2D eigenvalue weighted by Crippen LogP contribution is -2.48. The van der Waals surface area contributed by atoms with Crippen molar-refractivity contribution in [2.45, 2.75) is 56.5 Å². The molecule has 1 aliphatic rings. The molecule has 0 aliphatic carbocycles. The third kappa shape index (κ3) is 4.70. The van der Waals surface area contributed by atoms with Crippen LogP contribution in [0.1, 0.15) is 33.4 Å². The number of carbonyl (C=O) groups is 1. The van der Waals surface area contributed by atoms with Crippen molar-refractivity contribution >= 4 is 25.8 Å². The maximum Gasteiger partial charge on any atom is 0.322 e. The minimum Gasteiger partial charge on any atom is -0.480 e. The van der Waals surface area contributed by atoms with Crippen LogP contribution in [0.3, 0.4) is 0 Å². The molecule has 1 N–H and O–H groups in total. The monoisotopic (exact) mass is 527 g/mol. The summed E-state index contributed by atoms with van der Waals surface area (Å²) in [5.41, 5.74) is 5.89. The minimum absolute atomic E-state index is 0.00685. The molecule has 190 valence electrons. The summed E-state index contributed by atoms with van der Waals surface area (Å²) in [6.07, 6.45) is 1.16. The zero-order chi connectivity index (χ0) is 26.6. The summed E-state index contributed by atoms with van der Waals surface area (Å²) in [5, 5.41) is 10.0. The molecule has 4 rings (SSSR count). The van der Waals surface area contributed by atoms with Gasteiger partial charge in [-0.15, -0.1) is 0 Å². The van der Waals surface area contributed by atoms with Gasteiger partial charge in [-0.3, -0.25) is 4.79 Å². The Hall–Kier alpha value is -3.01. The summed E-state index contributed by atoms with van der Waals surface area (Å²) in [5.74, 6) is -1.21. The molecule has 0 radical (unpaired) electrons. The summed E-state index contributed by atoms with van der Waals surface area (Å²) in [4.78, 5) is 12.6. The molecular formula is C27H29NO6S2. The van der Waals surface area contributed by atoms with E-state index in [0.717, 1.165) is 38.4 Å². The van der Waals surface area contributed by atoms with Crippen molar-refractivity contribution in [2.24, 2.45) is 0 Å². The van der Waals surface area contributed by atoms with Gasteiger partial charge in [-0.05, 0) is 78.8 Å². The van der Waals surface area contributed by atoms with E-state index in [0.29, 0.717) is 16.7 Å². The lowest BCUT2D eigenvalue weighted by molar-refractivity contribution is -0.141. The van der Waals surface area contributed by atoms with Gasteiger partial charge in [0.15, 0.2) is 9.84 Å². The predicted molar refractivity (Wildman–Crippen MR) is 138 cm³/mol. The summed E-state index contributed by atoms with van der Waals surface area (Å²) in [6, 6.07) is 12.6. The molecule has 3 aromatic rings. The van der Waals surface area contributed by atoms with Crippen LogP contribution < -0.4 is 0 Å². The fourth-order valence-corrected chi connectivity index (χ4v) is 7.74. The molecule has 0 aromatic heterocycles. The molecule has 1 unspecified atom stereocenters. The number of rotatable bonds is 5. The number of carboxylic acid groups (broad SMARTS) is 1. The van der Waals surface area contributed by atoms with Crippen molar-refractivity contribution in [1.82, 2.24) is 4.31 Å². The van der Waals surface area contributed by atoms with E-state index < -0.39 is 31.9 Å². The van der Waals surface area contributed by atoms with Crippen LogP contribution in [0, 0.1) is 27.7 Å². The Kier molecular flexibility index (Phi) is 6.61. The normalized spacial score (nSPS) is 16.5. The van der Waals surface area contributed by atoms with E-state index in [4.69, 9.17) is 0 Å². The highest BCUT2D eigenvalue weighted by Crippen LogP contribution is 2.36. The fraction of sp³-hybridized carbons (Fsp3) is 0.296. The van der Waals surface area contributed by atoms with Crippen LogP contribution >= 0.6 is 0 Å². The van der Waals surface area contributed by atoms with Crippen molar-refractivity contribution < 1.29 is 26.7 Å². The Balaban J connectivity index is 1.82. The Morgan fingerprint density at radius 2 is 1.53 bits per heavy atom. The van der Waals surface area contributed by atoms with Crippen LogP contribution in [-0.4, -0.2) is 44.5 Å². The topological polar surface area (TPSA) is 109 Å². The number of aryl methyl sites for hydroxylation is 4. The molecule has 3 aromatic carbocycles. The molecule has 0 bridgehead atoms. The number of hydrogen-bond acceptors (Lipinski definition) is 5. The molecule has 9 heteroatoms. The number of sulfone groups is 1. The Morgan fingerprint density at radius 3 is 2.11 bits per heavy atom. The maximum absolute atomic E-state index is 13.8. The fourth-order valence-electron chi connectivity index (χ4n) is 5.10.